The molecule has 0 spiro atoms. The predicted molar refractivity (Wildman–Crippen MR) is 143 cm³/mol. The molecule has 0 aliphatic carbocycles. The molecular formula is C25H31N6O6P. The van der Waals surface area contributed by atoms with Crippen LogP contribution in [-0.2, 0) is 31.8 Å². The van der Waals surface area contributed by atoms with Gasteiger partial charge in [-0.1, -0.05) is 36.4 Å². The Morgan fingerprint density at radius 3 is 2.55 bits per heavy atom. The Morgan fingerprint density at radius 2 is 1.87 bits per heavy atom. The number of amides is 1. The summed E-state index contributed by atoms with van der Waals surface area (Å²) in [6, 6.07) is 14.5. The van der Waals surface area contributed by atoms with E-state index in [9.17, 15) is 14.5 Å². The number of carbonyl (C=O) groups is 1. The Hall–Kier alpha value is -3.54. The van der Waals surface area contributed by atoms with E-state index in [0.717, 1.165) is 5.39 Å². The van der Waals surface area contributed by atoms with Crippen LogP contribution < -0.4 is 21.1 Å². The molecule has 2 aromatic heterocycles. The fourth-order valence-electron chi connectivity index (χ4n) is 3.95. The number of hydrogen-bond donors (Lipinski definition) is 4. The minimum absolute atomic E-state index is 0.115. The Labute approximate surface area is 219 Å². The highest BCUT2D eigenvalue weighted by molar-refractivity contribution is 7.52. The third kappa shape index (κ3) is 6.12. The summed E-state index contributed by atoms with van der Waals surface area (Å²) in [4.78, 5) is 20.8. The number of anilines is 1. The van der Waals surface area contributed by atoms with Gasteiger partial charge in [-0.15, -0.1) is 0 Å². The number of carbonyl (C=O) groups excluding carboxylic acids is 1. The van der Waals surface area contributed by atoms with Crippen molar-refractivity contribution in [2.45, 2.75) is 45.8 Å². The number of primary amides is 1. The van der Waals surface area contributed by atoms with Crippen LogP contribution in [0.2, 0.25) is 0 Å². The first kappa shape index (κ1) is 27.5. The maximum atomic E-state index is 13.8. The number of aromatic nitrogens is 3. The Bertz CT molecular complexity index is 1490. The molecule has 0 fully saturated rings. The second kappa shape index (κ2) is 11.1. The van der Waals surface area contributed by atoms with Gasteiger partial charge in [0.1, 0.15) is 23.7 Å². The Morgan fingerprint density at radius 1 is 1.18 bits per heavy atom. The van der Waals surface area contributed by atoms with E-state index in [1.165, 1.54) is 13.8 Å². The monoisotopic (exact) mass is 542 g/mol. The quantitative estimate of drug-likeness (QED) is 0.154. The van der Waals surface area contributed by atoms with E-state index >= 15 is 0 Å². The molecular weight excluding hydrogens is 511 g/mol. The second-order valence-corrected chi connectivity index (χ2v) is 10.5. The number of nitrogens with two attached hydrogens (primary N) is 2. The highest BCUT2D eigenvalue weighted by Crippen LogP contribution is 2.48. The van der Waals surface area contributed by atoms with Crippen molar-refractivity contribution in [1.29, 1.82) is 0 Å². The molecule has 13 heteroatoms. The standard InChI is InChI=1S/C25H31N6O6P/c1-4-35-14-20-29-21-22(18-12-8-9-13-19(18)28-23(21)26)31(20)15-25(3,33)37-38(34,30-16(2)24(27)32)36-17-10-6-5-7-11-17/h5-13,16,33H,4,14-15H2,1-3H3,(H2,26,28)(H2,27,32)(H,30,34)/t16-,25?,38?/m0/s1. The number of nitrogen functional groups attached to an aromatic ring is 1. The number of benzene rings is 2. The molecule has 0 saturated heterocycles. The van der Waals surface area contributed by atoms with Gasteiger partial charge in [0.15, 0.2) is 11.6 Å². The molecule has 202 valence electrons. The molecule has 2 heterocycles. The first-order valence-electron chi connectivity index (χ1n) is 12.0. The molecule has 0 radical (unpaired) electrons. The SMILES string of the molecule is CCOCc1nc2c(N)nc3ccccc3c2n1CC(C)(O)OP(=O)(N[C@@H](C)C(N)=O)Oc1ccccc1. The number of pyridine rings is 1. The van der Waals surface area contributed by atoms with Crippen LogP contribution in [0.5, 0.6) is 5.75 Å². The molecule has 1 amide bonds. The van der Waals surface area contributed by atoms with Crippen molar-refractivity contribution in [3.63, 3.8) is 0 Å². The minimum atomic E-state index is -4.35. The fraction of sp³-hybridized carbons (Fsp3) is 0.320. The molecule has 0 bridgehead atoms. The summed E-state index contributed by atoms with van der Waals surface area (Å²) in [5, 5.41) is 14.7. The number of fused-ring (bicyclic) bond motifs is 3. The summed E-state index contributed by atoms with van der Waals surface area (Å²) in [6.07, 6.45) is 0. The Kier molecular flexibility index (Phi) is 8.00. The van der Waals surface area contributed by atoms with Crippen LogP contribution in [0.25, 0.3) is 21.9 Å². The van der Waals surface area contributed by atoms with Gasteiger partial charge in [0.25, 0.3) is 0 Å². The lowest BCUT2D eigenvalue weighted by Gasteiger charge is -2.31. The van der Waals surface area contributed by atoms with E-state index in [4.69, 9.17) is 25.3 Å². The second-order valence-electron chi connectivity index (χ2n) is 8.88. The maximum absolute atomic E-state index is 13.8. The van der Waals surface area contributed by atoms with E-state index in [0.29, 0.717) is 29.0 Å². The Balaban J connectivity index is 1.76. The molecule has 0 aliphatic heterocycles. The van der Waals surface area contributed by atoms with Crippen LogP contribution >= 0.6 is 7.75 Å². The third-order valence-corrected chi connectivity index (χ3v) is 7.43. The number of imidazole rings is 1. The topological polar surface area (TPSA) is 177 Å². The third-order valence-electron chi connectivity index (χ3n) is 5.64. The van der Waals surface area contributed by atoms with Crippen molar-refractivity contribution in [2.24, 2.45) is 5.73 Å². The lowest BCUT2D eigenvalue weighted by atomic mass is 10.2. The van der Waals surface area contributed by atoms with Crippen molar-refractivity contribution >= 4 is 41.4 Å². The van der Waals surface area contributed by atoms with Gasteiger partial charge in [-0.25, -0.2) is 14.5 Å². The predicted octanol–water partition coefficient (Wildman–Crippen LogP) is 3.08. The zero-order valence-corrected chi connectivity index (χ0v) is 22.2. The van der Waals surface area contributed by atoms with E-state index in [-0.39, 0.29) is 24.7 Å². The first-order chi connectivity index (χ1) is 18.0. The van der Waals surface area contributed by atoms with Gasteiger partial charge in [0.05, 0.1) is 23.6 Å². The molecule has 2 aromatic carbocycles. The van der Waals surface area contributed by atoms with Gasteiger partial charge in [-0.3, -0.25) is 9.32 Å². The smallest absolute Gasteiger partial charge is 0.413 e. The van der Waals surface area contributed by atoms with Gasteiger partial charge in [-0.2, -0.15) is 5.09 Å². The lowest BCUT2D eigenvalue weighted by Crippen LogP contribution is -2.42. The van der Waals surface area contributed by atoms with Crippen molar-refractivity contribution in [3.8, 4) is 5.75 Å². The summed E-state index contributed by atoms with van der Waals surface area (Å²) >= 11 is 0. The lowest BCUT2D eigenvalue weighted by molar-refractivity contribution is -0.138. The average molecular weight is 543 g/mol. The van der Waals surface area contributed by atoms with Crippen molar-refractivity contribution in [1.82, 2.24) is 19.6 Å². The fourth-order valence-corrected chi connectivity index (χ4v) is 5.67. The van der Waals surface area contributed by atoms with Crippen LogP contribution in [0.1, 0.15) is 26.6 Å². The zero-order valence-electron chi connectivity index (χ0n) is 21.3. The molecule has 12 nitrogen and oxygen atoms in total. The van der Waals surface area contributed by atoms with Gasteiger partial charge in [0.2, 0.25) is 5.91 Å². The molecule has 0 aliphatic rings. The normalized spacial score (nSPS) is 15.7. The largest absolute Gasteiger partial charge is 0.462 e. The van der Waals surface area contributed by atoms with Crippen LogP contribution in [0.4, 0.5) is 5.82 Å². The van der Waals surface area contributed by atoms with Gasteiger partial charge in [0, 0.05) is 12.0 Å². The van der Waals surface area contributed by atoms with E-state index in [2.05, 4.69) is 15.1 Å². The zero-order chi connectivity index (χ0) is 27.5. The number of hydrogen-bond acceptors (Lipinski definition) is 9. The van der Waals surface area contributed by atoms with Crippen molar-refractivity contribution in [3.05, 3.63) is 60.4 Å². The number of para-hydroxylation sites is 2. The van der Waals surface area contributed by atoms with Crippen LogP contribution in [0.15, 0.2) is 54.6 Å². The molecule has 4 rings (SSSR count). The number of nitrogens with zero attached hydrogens (tertiary/aromatic N) is 3. The summed E-state index contributed by atoms with van der Waals surface area (Å²) in [7, 11) is -4.35. The average Bonchev–Trinajstić information content (AvgIpc) is 3.20. The van der Waals surface area contributed by atoms with Gasteiger partial charge in [-0.05, 0) is 39.0 Å². The molecule has 38 heavy (non-hydrogen) atoms. The molecule has 2 unspecified atom stereocenters. The molecule has 3 atom stereocenters. The molecule has 0 saturated carbocycles. The summed E-state index contributed by atoms with van der Waals surface area (Å²) in [6.45, 7) is 4.89. The molecule has 6 N–H and O–H groups in total. The van der Waals surface area contributed by atoms with Crippen LogP contribution in [0, 0.1) is 0 Å². The van der Waals surface area contributed by atoms with Crippen molar-refractivity contribution in [2.75, 3.05) is 12.3 Å². The number of nitrogens with one attached hydrogen (secondary N) is 1. The van der Waals surface area contributed by atoms with E-state index in [1.807, 2.05) is 31.2 Å². The summed E-state index contributed by atoms with van der Waals surface area (Å²) in [5.74, 6) is -2.01. The number of ether oxygens (including phenoxy) is 1. The summed E-state index contributed by atoms with van der Waals surface area (Å²) < 4.78 is 32.5. The highest BCUT2D eigenvalue weighted by atomic mass is 31.2. The van der Waals surface area contributed by atoms with Gasteiger partial charge >= 0.3 is 7.75 Å². The van der Waals surface area contributed by atoms with Crippen LogP contribution in [0.3, 0.4) is 0 Å². The van der Waals surface area contributed by atoms with E-state index in [1.54, 1.807) is 34.9 Å². The van der Waals surface area contributed by atoms with Crippen LogP contribution in [-0.4, -0.2) is 44.0 Å². The number of rotatable bonds is 12. The van der Waals surface area contributed by atoms with Gasteiger partial charge < -0.3 is 30.4 Å². The number of aliphatic hydroxyl groups is 1. The molecule has 4 aromatic rings. The highest BCUT2D eigenvalue weighted by Gasteiger charge is 2.40. The minimum Gasteiger partial charge on any atom is -0.413 e. The summed E-state index contributed by atoms with van der Waals surface area (Å²) in [5.41, 5.74) is 13.3. The maximum Gasteiger partial charge on any atom is 0.462 e. The van der Waals surface area contributed by atoms with E-state index < -0.39 is 25.5 Å². The first-order valence-corrected chi connectivity index (χ1v) is 13.5. The van der Waals surface area contributed by atoms with Crippen molar-refractivity contribution < 1.29 is 28.3 Å².